The third-order valence-corrected chi connectivity index (χ3v) is 2.41. The summed E-state index contributed by atoms with van der Waals surface area (Å²) in [7, 11) is 1.36. The Morgan fingerprint density at radius 3 is 2.15 bits per heavy atom. The zero-order valence-electron chi connectivity index (χ0n) is 10.8. The normalized spacial score (nSPS) is 9.85. The van der Waals surface area contributed by atoms with Crippen LogP contribution in [0.15, 0.2) is 18.2 Å². The summed E-state index contributed by atoms with van der Waals surface area (Å²) in [6.07, 6.45) is 0. The Balaban J connectivity index is 3.01. The van der Waals surface area contributed by atoms with Gasteiger partial charge in [0.2, 0.25) is 11.8 Å². The van der Waals surface area contributed by atoms with Gasteiger partial charge in [-0.25, -0.2) is 0 Å². The van der Waals surface area contributed by atoms with E-state index in [1.807, 2.05) is 0 Å². The van der Waals surface area contributed by atoms with Crippen LogP contribution < -0.4 is 16.2 Å². The van der Waals surface area contributed by atoms with Gasteiger partial charge in [0.1, 0.15) is 13.1 Å². The Bertz CT molecular complexity index is 528. The number of ether oxygens (including phenoxy) is 1. The molecule has 1 aromatic carbocycles. The highest BCUT2D eigenvalue weighted by atomic mass is 16.5. The molecule has 0 atom stereocenters. The van der Waals surface area contributed by atoms with E-state index >= 15 is 0 Å². The van der Waals surface area contributed by atoms with Crippen LogP contribution in [0.4, 0.5) is 0 Å². The van der Waals surface area contributed by atoms with Crippen LogP contribution in [0.1, 0.15) is 10.4 Å². The number of benzene rings is 1. The Hall–Kier alpha value is -2.77. The monoisotopic (exact) mass is 281 g/mol. The zero-order valence-corrected chi connectivity index (χ0v) is 10.8. The van der Waals surface area contributed by atoms with Crippen molar-refractivity contribution in [1.82, 2.24) is 4.90 Å². The summed E-state index contributed by atoms with van der Waals surface area (Å²) in [5.74, 6) is -2.26. The predicted octanol–water partition coefficient (Wildman–Crippen LogP) is -1.19. The van der Waals surface area contributed by atoms with Gasteiger partial charge in [0.15, 0.2) is 11.5 Å². The lowest BCUT2D eigenvalue weighted by Gasteiger charge is -2.19. The number of amides is 3. The average molecular weight is 281 g/mol. The minimum atomic E-state index is -0.780. The molecule has 0 spiro atoms. The first-order valence-corrected chi connectivity index (χ1v) is 5.58. The molecule has 0 aliphatic carbocycles. The number of nitrogens with zero attached hydrogens (tertiary/aromatic N) is 1. The van der Waals surface area contributed by atoms with Crippen molar-refractivity contribution in [3.63, 3.8) is 0 Å². The predicted molar refractivity (Wildman–Crippen MR) is 69.0 cm³/mol. The van der Waals surface area contributed by atoms with Crippen molar-refractivity contribution in [2.75, 3.05) is 20.2 Å². The van der Waals surface area contributed by atoms with Gasteiger partial charge in [-0.2, -0.15) is 0 Å². The third kappa shape index (κ3) is 3.87. The van der Waals surface area contributed by atoms with Crippen LogP contribution in [0.5, 0.6) is 11.5 Å². The number of carbonyl (C=O) groups excluding carboxylic acids is 3. The first-order valence-electron chi connectivity index (χ1n) is 5.58. The number of hydrogen-bond donors (Lipinski definition) is 3. The maximum atomic E-state index is 12.1. The van der Waals surface area contributed by atoms with Crippen molar-refractivity contribution in [2.24, 2.45) is 11.5 Å². The lowest BCUT2D eigenvalue weighted by Crippen LogP contribution is -2.43. The molecule has 1 aromatic rings. The summed E-state index contributed by atoms with van der Waals surface area (Å²) in [5, 5.41) is 9.61. The standard InChI is InChI=1S/C12H15N3O5/c1-20-9-3-2-7(4-8(9)16)12(19)15(5-10(13)17)6-11(14)18/h2-4,16H,5-6H2,1H3,(H2,13,17)(H2,14,18). The topological polar surface area (TPSA) is 136 Å². The van der Waals surface area contributed by atoms with Gasteiger partial charge < -0.3 is 26.2 Å². The van der Waals surface area contributed by atoms with Crippen molar-refractivity contribution < 1.29 is 24.2 Å². The maximum Gasteiger partial charge on any atom is 0.254 e. The fraction of sp³-hybridized carbons (Fsp3) is 0.250. The molecule has 1 rings (SSSR count). The highest BCUT2D eigenvalue weighted by Gasteiger charge is 2.20. The second-order valence-corrected chi connectivity index (χ2v) is 3.98. The minimum absolute atomic E-state index is 0.0748. The Morgan fingerprint density at radius 1 is 1.20 bits per heavy atom. The van der Waals surface area contributed by atoms with Crippen molar-refractivity contribution in [2.45, 2.75) is 0 Å². The van der Waals surface area contributed by atoms with E-state index in [2.05, 4.69) is 0 Å². The highest BCUT2D eigenvalue weighted by molar-refractivity contribution is 5.98. The van der Waals surface area contributed by atoms with Crippen molar-refractivity contribution in [3.8, 4) is 11.5 Å². The van der Waals surface area contributed by atoms with E-state index in [-0.39, 0.29) is 17.1 Å². The largest absolute Gasteiger partial charge is 0.504 e. The SMILES string of the molecule is COc1ccc(C(=O)N(CC(N)=O)CC(N)=O)cc1O. The number of aromatic hydroxyl groups is 1. The molecule has 0 aromatic heterocycles. The Kier molecular flexibility index (Phi) is 4.90. The Labute approximate surface area is 114 Å². The summed E-state index contributed by atoms with van der Waals surface area (Å²) in [6.45, 7) is -0.900. The van der Waals surface area contributed by atoms with Crippen molar-refractivity contribution >= 4 is 17.7 Å². The zero-order chi connectivity index (χ0) is 15.3. The molecular formula is C12H15N3O5. The number of primary amides is 2. The molecule has 0 aliphatic rings. The molecule has 0 saturated heterocycles. The lowest BCUT2D eigenvalue weighted by atomic mass is 10.1. The van der Waals surface area contributed by atoms with E-state index in [9.17, 15) is 19.5 Å². The van der Waals surface area contributed by atoms with Gasteiger partial charge in [0.05, 0.1) is 7.11 Å². The molecule has 0 heterocycles. The summed E-state index contributed by atoms with van der Waals surface area (Å²) < 4.78 is 4.85. The van der Waals surface area contributed by atoms with Gasteiger partial charge in [-0.3, -0.25) is 14.4 Å². The van der Waals surface area contributed by atoms with Crippen molar-refractivity contribution in [3.05, 3.63) is 23.8 Å². The molecule has 108 valence electrons. The number of nitrogens with two attached hydrogens (primary N) is 2. The second kappa shape index (κ2) is 6.41. The van der Waals surface area contributed by atoms with Gasteiger partial charge >= 0.3 is 0 Å². The average Bonchev–Trinajstić information content (AvgIpc) is 2.35. The van der Waals surface area contributed by atoms with Gasteiger partial charge in [-0.1, -0.05) is 0 Å². The number of rotatable bonds is 6. The lowest BCUT2D eigenvalue weighted by molar-refractivity contribution is -0.121. The number of phenolic OH excluding ortho intramolecular Hbond substituents is 1. The van der Waals surface area contributed by atoms with Gasteiger partial charge in [0, 0.05) is 5.56 Å². The molecule has 8 heteroatoms. The molecule has 20 heavy (non-hydrogen) atoms. The molecule has 0 aliphatic heterocycles. The molecule has 0 fully saturated rings. The second-order valence-electron chi connectivity index (χ2n) is 3.98. The summed E-state index contributed by atoms with van der Waals surface area (Å²) >= 11 is 0. The minimum Gasteiger partial charge on any atom is -0.504 e. The van der Waals surface area contributed by atoms with E-state index in [1.54, 1.807) is 0 Å². The summed E-state index contributed by atoms with van der Waals surface area (Å²) in [6, 6.07) is 3.93. The highest BCUT2D eigenvalue weighted by Crippen LogP contribution is 2.26. The van der Waals surface area contributed by atoms with Crippen LogP contribution in [-0.4, -0.2) is 47.9 Å². The fourth-order valence-electron chi connectivity index (χ4n) is 1.58. The first-order chi connectivity index (χ1) is 9.35. The molecule has 0 saturated carbocycles. The number of methoxy groups -OCH3 is 1. The van der Waals surface area contributed by atoms with Crippen LogP contribution in [-0.2, 0) is 9.59 Å². The maximum absolute atomic E-state index is 12.1. The number of hydrogen-bond acceptors (Lipinski definition) is 5. The van der Waals surface area contributed by atoms with Crippen LogP contribution >= 0.6 is 0 Å². The molecular weight excluding hydrogens is 266 g/mol. The van der Waals surface area contributed by atoms with E-state index in [1.165, 1.54) is 19.2 Å². The summed E-state index contributed by atoms with van der Waals surface area (Å²) in [4.78, 5) is 34.8. The molecule has 0 radical (unpaired) electrons. The van der Waals surface area contributed by atoms with Gasteiger partial charge in [-0.05, 0) is 18.2 Å². The number of phenols is 1. The van der Waals surface area contributed by atoms with E-state index in [4.69, 9.17) is 16.2 Å². The van der Waals surface area contributed by atoms with Crippen LogP contribution in [0.3, 0.4) is 0 Å². The fourth-order valence-corrected chi connectivity index (χ4v) is 1.58. The van der Waals surface area contributed by atoms with Crippen molar-refractivity contribution in [1.29, 1.82) is 0 Å². The van der Waals surface area contributed by atoms with Crippen LogP contribution in [0, 0.1) is 0 Å². The van der Waals surface area contributed by atoms with Crippen LogP contribution in [0.2, 0.25) is 0 Å². The quantitative estimate of drug-likeness (QED) is 0.602. The van der Waals surface area contributed by atoms with E-state index in [0.29, 0.717) is 0 Å². The molecule has 8 nitrogen and oxygen atoms in total. The number of carbonyl (C=O) groups is 3. The van der Waals surface area contributed by atoms with Gasteiger partial charge in [0.25, 0.3) is 5.91 Å². The third-order valence-electron chi connectivity index (χ3n) is 2.41. The molecule has 3 amide bonds. The molecule has 0 bridgehead atoms. The molecule has 5 N–H and O–H groups in total. The first kappa shape index (κ1) is 15.3. The molecule has 0 unspecified atom stereocenters. The van der Waals surface area contributed by atoms with E-state index < -0.39 is 30.8 Å². The summed E-state index contributed by atoms with van der Waals surface area (Å²) in [5.41, 5.74) is 10.1. The van der Waals surface area contributed by atoms with Gasteiger partial charge in [-0.15, -0.1) is 0 Å². The Morgan fingerprint density at radius 2 is 1.75 bits per heavy atom. The smallest absolute Gasteiger partial charge is 0.254 e. The van der Waals surface area contributed by atoms with E-state index in [0.717, 1.165) is 11.0 Å². The van der Waals surface area contributed by atoms with Crippen LogP contribution in [0.25, 0.3) is 0 Å².